The number of aromatic amines is 1. The summed E-state index contributed by atoms with van der Waals surface area (Å²) in [4.78, 5) is 40.1. The van der Waals surface area contributed by atoms with Crippen LogP contribution in [0.15, 0.2) is 15.7 Å². The molecule has 0 radical (unpaired) electrons. The maximum atomic E-state index is 11.9. The van der Waals surface area contributed by atoms with Crippen molar-refractivity contribution in [3.8, 4) is 0 Å². The quantitative estimate of drug-likeness (QED) is 0.755. The number of amides is 1. The van der Waals surface area contributed by atoms with Gasteiger partial charge in [-0.3, -0.25) is 14.2 Å². The largest absolute Gasteiger partial charge is 0.373 e. The van der Waals surface area contributed by atoms with Gasteiger partial charge in [-0.2, -0.15) is 0 Å². The predicted octanol–water partition coefficient (Wildman–Crippen LogP) is -0.784. The van der Waals surface area contributed by atoms with Gasteiger partial charge in [-0.15, -0.1) is 0 Å². The molecule has 132 valence electrons. The Morgan fingerprint density at radius 3 is 2.67 bits per heavy atom. The third-order valence-electron chi connectivity index (χ3n) is 4.91. The Labute approximate surface area is 139 Å². The zero-order valence-electron chi connectivity index (χ0n) is 14.0. The molecule has 1 aromatic rings. The number of H-pyrrole nitrogens is 1. The van der Waals surface area contributed by atoms with E-state index in [0.29, 0.717) is 38.4 Å². The van der Waals surface area contributed by atoms with Gasteiger partial charge in [0.05, 0.1) is 12.2 Å². The molecule has 8 heteroatoms. The lowest BCUT2D eigenvalue weighted by Crippen LogP contribution is -2.51. The van der Waals surface area contributed by atoms with Crippen LogP contribution in [-0.4, -0.2) is 58.7 Å². The Morgan fingerprint density at radius 2 is 1.96 bits per heavy atom. The van der Waals surface area contributed by atoms with Crippen molar-refractivity contribution in [3.63, 3.8) is 0 Å². The fourth-order valence-corrected chi connectivity index (χ4v) is 3.35. The van der Waals surface area contributed by atoms with Gasteiger partial charge in [-0.25, -0.2) is 4.79 Å². The first-order chi connectivity index (χ1) is 11.5. The molecule has 0 aliphatic carbocycles. The van der Waals surface area contributed by atoms with Gasteiger partial charge in [0, 0.05) is 50.9 Å². The number of rotatable bonds is 3. The highest BCUT2D eigenvalue weighted by Gasteiger charge is 2.37. The zero-order valence-corrected chi connectivity index (χ0v) is 14.0. The molecule has 0 atom stereocenters. The van der Waals surface area contributed by atoms with Gasteiger partial charge in [0.15, 0.2) is 0 Å². The number of hydrogen-bond acceptors (Lipinski definition) is 5. The first kappa shape index (κ1) is 16.9. The molecule has 3 heterocycles. The van der Waals surface area contributed by atoms with Crippen molar-refractivity contribution >= 4 is 5.91 Å². The van der Waals surface area contributed by atoms with Crippen molar-refractivity contribution in [2.45, 2.75) is 38.3 Å². The molecule has 3 rings (SSSR count). The molecule has 2 fully saturated rings. The van der Waals surface area contributed by atoms with E-state index >= 15 is 0 Å². The Kier molecular flexibility index (Phi) is 4.86. The highest BCUT2D eigenvalue weighted by Crippen LogP contribution is 2.27. The molecule has 2 aliphatic rings. The van der Waals surface area contributed by atoms with Crippen molar-refractivity contribution in [1.82, 2.24) is 19.8 Å². The summed E-state index contributed by atoms with van der Waals surface area (Å²) in [6.45, 7) is 5.41. The van der Waals surface area contributed by atoms with Crippen LogP contribution in [0.4, 0.5) is 0 Å². The average molecular weight is 336 g/mol. The van der Waals surface area contributed by atoms with E-state index in [9.17, 15) is 14.4 Å². The number of hydrogen-bond donors (Lipinski definition) is 2. The fraction of sp³-hybridized carbons (Fsp3) is 0.688. The molecule has 2 aliphatic heterocycles. The topological polar surface area (TPSA) is 96.4 Å². The van der Waals surface area contributed by atoms with Gasteiger partial charge in [0.25, 0.3) is 5.56 Å². The van der Waals surface area contributed by atoms with Crippen molar-refractivity contribution in [2.24, 2.45) is 0 Å². The summed E-state index contributed by atoms with van der Waals surface area (Å²) in [5.74, 6) is 0.0484. The van der Waals surface area contributed by atoms with Crippen LogP contribution in [-0.2, 0) is 16.1 Å². The van der Waals surface area contributed by atoms with E-state index in [1.54, 1.807) is 6.92 Å². The minimum absolute atomic E-state index is 0.0484. The van der Waals surface area contributed by atoms with Crippen molar-refractivity contribution in [1.29, 1.82) is 0 Å². The Balaban J connectivity index is 1.55. The summed E-state index contributed by atoms with van der Waals surface area (Å²) < 4.78 is 7.18. The summed E-state index contributed by atoms with van der Waals surface area (Å²) in [6.07, 6.45) is 2.10. The highest BCUT2D eigenvalue weighted by molar-refractivity contribution is 5.76. The first-order valence-electron chi connectivity index (χ1n) is 8.41. The first-order valence-corrected chi connectivity index (χ1v) is 8.41. The SMILES string of the molecule is Cc1cc(=O)n(CCN2CCC3(CC2)CNC(=O)CCO3)c(=O)[nH]1. The molecule has 1 aromatic heterocycles. The van der Waals surface area contributed by atoms with Crippen molar-refractivity contribution in [3.05, 3.63) is 32.6 Å². The molecule has 1 spiro atoms. The standard InChI is InChI=1S/C16H24N4O4/c1-12-10-14(22)20(15(23)18-12)8-7-19-5-3-16(4-6-19)11-17-13(21)2-9-24-16/h10H,2-9,11H2,1H3,(H,17,21)(H,18,23). The van der Waals surface area contributed by atoms with Crippen LogP contribution in [0.25, 0.3) is 0 Å². The van der Waals surface area contributed by atoms with E-state index in [0.717, 1.165) is 25.9 Å². The normalized spacial score (nSPS) is 21.5. The number of nitrogens with one attached hydrogen (secondary N) is 2. The minimum atomic E-state index is -0.358. The average Bonchev–Trinajstić information content (AvgIpc) is 2.71. The molecule has 1 amide bonds. The number of nitrogens with zero attached hydrogens (tertiary/aromatic N) is 2. The molecule has 0 unspecified atom stereocenters. The van der Waals surface area contributed by atoms with Crippen LogP contribution < -0.4 is 16.6 Å². The smallest absolute Gasteiger partial charge is 0.328 e. The monoisotopic (exact) mass is 336 g/mol. The third kappa shape index (κ3) is 3.76. The maximum Gasteiger partial charge on any atom is 0.328 e. The van der Waals surface area contributed by atoms with Crippen molar-refractivity contribution in [2.75, 3.05) is 32.8 Å². The van der Waals surface area contributed by atoms with Crippen LogP contribution in [0, 0.1) is 6.92 Å². The molecule has 2 saturated heterocycles. The molecular weight excluding hydrogens is 312 g/mol. The van der Waals surface area contributed by atoms with E-state index in [-0.39, 0.29) is 22.8 Å². The number of aryl methyl sites for hydroxylation is 1. The third-order valence-corrected chi connectivity index (χ3v) is 4.91. The van der Waals surface area contributed by atoms with Crippen LogP contribution >= 0.6 is 0 Å². The summed E-state index contributed by atoms with van der Waals surface area (Å²) in [5.41, 5.74) is -0.308. The number of ether oxygens (including phenoxy) is 1. The summed E-state index contributed by atoms with van der Waals surface area (Å²) in [7, 11) is 0. The lowest BCUT2D eigenvalue weighted by atomic mass is 9.91. The van der Waals surface area contributed by atoms with Gasteiger partial charge in [-0.1, -0.05) is 0 Å². The van der Waals surface area contributed by atoms with Gasteiger partial charge in [0.2, 0.25) is 5.91 Å². The van der Waals surface area contributed by atoms with Crippen LogP contribution in [0.3, 0.4) is 0 Å². The molecule has 24 heavy (non-hydrogen) atoms. The fourth-order valence-electron chi connectivity index (χ4n) is 3.35. The van der Waals surface area contributed by atoms with Gasteiger partial charge in [0.1, 0.15) is 0 Å². The minimum Gasteiger partial charge on any atom is -0.373 e. The van der Waals surface area contributed by atoms with Gasteiger partial charge in [-0.05, 0) is 19.8 Å². The molecule has 0 bridgehead atoms. The van der Waals surface area contributed by atoms with E-state index < -0.39 is 0 Å². The number of carbonyl (C=O) groups excluding carboxylic acids is 1. The molecular formula is C16H24N4O4. The van der Waals surface area contributed by atoms with E-state index in [1.807, 2.05) is 0 Å². The summed E-state index contributed by atoms with van der Waals surface area (Å²) in [6, 6.07) is 1.44. The number of piperidine rings is 1. The second-order valence-corrected chi connectivity index (χ2v) is 6.65. The molecule has 2 N–H and O–H groups in total. The second kappa shape index (κ2) is 6.90. The van der Waals surface area contributed by atoms with Gasteiger partial charge < -0.3 is 19.9 Å². The van der Waals surface area contributed by atoms with Crippen LogP contribution in [0.5, 0.6) is 0 Å². The highest BCUT2D eigenvalue weighted by atomic mass is 16.5. The number of likely N-dealkylation sites (tertiary alicyclic amines) is 1. The van der Waals surface area contributed by atoms with E-state index in [1.165, 1.54) is 10.6 Å². The molecule has 0 aromatic carbocycles. The Bertz CT molecular complexity index is 684. The van der Waals surface area contributed by atoms with Gasteiger partial charge >= 0.3 is 5.69 Å². The number of aromatic nitrogens is 2. The lowest BCUT2D eigenvalue weighted by Gasteiger charge is -2.40. The van der Waals surface area contributed by atoms with E-state index in [2.05, 4.69) is 15.2 Å². The Morgan fingerprint density at radius 1 is 1.21 bits per heavy atom. The summed E-state index contributed by atoms with van der Waals surface area (Å²) in [5, 5.41) is 2.92. The van der Waals surface area contributed by atoms with Crippen LogP contribution in [0.1, 0.15) is 25.0 Å². The maximum absolute atomic E-state index is 11.9. The Hall–Kier alpha value is -1.93. The lowest BCUT2D eigenvalue weighted by molar-refractivity contribution is -0.120. The van der Waals surface area contributed by atoms with E-state index in [4.69, 9.17) is 4.74 Å². The summed E-state index contributed by atoms with van der Waals surface area (Å²) >= 11 is 0. The predicted molar refractivity (Wildman–Crippen MR) is 88.0 cm³/mol. The van der Waals surface area contributed by atoms with Crippen LogP contribution in [0.2, 0.25) is 0 Å². The van der Waals surface area contributed by atoms with Crippen molar-refractivity contribution < 1.29 is 9.53 Å². The number of carbonyl (C=O) groups is 1. The second-order valence-electron chi connectivity index (χ2n) is 6.65. The zero-order chi connectivity index (χ0) is 17.2. The molecule has 0 saturated carbocycles. The molecule has 8 nitrogen and oxygen atoms in total.